The summed E-state index contributed by atoms with van der Waals surface area (Å²) >= 11 is 0. The molecule has 0 bridgehead atoms. The molecule has 2 rings (SSSR count). The average molecular weight is 315 g/mol. The maximum absolute atomic E-state index is 12.1. The van der Waals surface area contributed by atoms with Crippen LogP contribution in [0.4, 0.5) is 0 Å². The Morgan fingerprint density at radius 2 is 2.13 bits per heavy atom. The molecule has 0 aliphatic rings. The lowest BCUT2D eigenvalue weighted by atomic mass is 10.1. The maximum atomic E-state index is 12.1. The Kier molecular flexibility index (Phi) is 5.51. The van der Waals surface area contributed by atoms with Crippen LogP contribution >= 0.6 is 0 Å². The van der Waals surface area contributed by atoms with Crippen molar-refractivity contribution < 1.29 is 9.53 Å². The summed E-state index contributed by atoms with van der Waals surface area (Å²) in [7, 11) is 0. The van der Waals surface area contributed by atoms with Gasteiger partial charge in [-0.3, -0.25) is 9.59 Å². The minimum Gasteiger partial charge on any atom is -0.481 e. The van der Waals surface area contributed by atoms with Crippen molar-refractivity contribution in [2.75, 3.05) is 6.54 Å². The van der Waals surface area contributed by atoms with E-state index in [-0.39, 0.29) is 11.5 Å². The van der Waals surface area contributed by atoms with Gasteiger partial charge in [-0.2, -0.15) is 0 Å². The molecule has 23 heavy (non-hydrogen) atoms. The zero-order valence-corrected chi connectivity index (χ0v) is 13.6. The van der Waals surface area contributed by atoms with Crippen molar-refractivity contribution in [3.8, 4) is 5.75 Å². The number of carbonyl (C=O) groups excluding carboxylic acids is 1. The number of carbonyl (C=O) groups is 1. The number of aromatic amines is 1. The first-order valence-electron chi connectivity index (χ1n) is 7.51. The molecule has 1 heterocycles. The van der Waals surface area contributed by atoms with Crippen LogP contribution < -0.4 is 15.6 Å². The molecule has 122 valence electrons. The van der Waals surface area contributed by atoms with Crippen molar-refractivity contribution in [1.82, 2.24) is 15.3 Å². The van der Waals surface area contributed by atoms with Crippen molar-refractivity contribution in [1.29, 1.82) is 0 Å². The van der Waals surface area contributed by atoms with Gasteiger partial charge in [0.1, 0.15) is 5.75 Å². The number of hydrogen-bond acceptors (Lipinski definition) is 4. The molecule has 2 N–H and O–H groups in total. The van der Waals surface area contributed by atoms with Gasteiger partial charge in [-0.05, 0) is 38.0 Å². The molecule has 0 radical (unpaired) electrons. The summed E-state index contributed by atoms with van der Waals surface area (Å²) in [4.78, 5) is 29.7. The first kappa shape index (κ1) is 16.7. The first-order chi connectivity index (χ1) is 11.0. The van der Waals surface area contributed by atoms with Gasteiger partial charge in [0.15, 0.2) is 6.10 Å². The second-order valence-electron chi connectivity index (χ2n) is 5.47. The Morgan fingerprint density at radius 1 is 1.35 bits per heavy atom. The van der Waals surface area contributed by atoms with E-state index in [2.05, 4.69) is 15.3 Å². The summed E-state index contributed by atoms with van der Waals surface area (Å²) in [5, 5.41) is 2.79. The zero-order chi connectivity index (χ0) is 16.8. The van der Waals surface area contributed by atoms with Crippen LogP contribution in [0.3, 0.4) is 0 Å². The van der Waals surface area contributed by atoms with Crippen LogP contribution in [0, 0.1) is 13.8 Å². The van der Waals surface area contributed by atoms with E-state index in [9.17, 15) is 9.59 Å². The number of ether oxygens (including phenoxy) is 1. The summed E-state index contributed by atoms with van der Waals surface area (Å²) in [6.45, 7) is 6.03. The summed E-state index contributed by atoms with van der Waals surface area (Å²) in [6, 6.07) is 7.30. The van der Waals surface area contributed by atoms with Gasteiger partial charge in [-0.15, -0.1) is 0 Å². The molecule has 1 amide bonds. The number of rotatable bonds is 6. The van der Waals surface area contributed by atoms with Gasteiger partial charge >= 0.3 is 0 Å². The largest absolute Gasteiger partial charge is 0.481 e. The van der Waals surface area contributed by atoms with E-state index in [0.717, 1.165) is 11.1 Å². The minimum absolute atomic E-state index is 0.198. The van der Waals surface area contributed by atoms with Crippen LogP contribution in [0.1, 0.15) is 23.7 Å². The third kappa shape index (κ3) is 4.95. The average Bonchev–Trinajstić information content (AvgIpc) is 2.51. The van der Waals surface area contributed by atoms with Crippen LogP contribution in [0.5, 0.6) is 5.75 Å². The highest BCUT2D eigenvalue weighted by Crippen LogP contribution is 2.20. The Labute approximate surface area is 134 Å². The summed E-state index contributed by atoms with van der Waals surface area (Å²) in [6.07, 6.45) is 1.25. The van der Waals surface area contributed by atoms with Crippen LogP contribution in [0.2, 0.25) is 0 Å². The van der Waals surface area contributed by atoms with Gasteiger partial charge in [0, 0.05) is 24.7 Å². The standard InChI is InChI=1S/C17H21N3O3/c1-11-4-5-12(2)15(8-11)23-13(3)17(22)18-7-6-14-9-16(21)20-10-19-14/h4-5,8-10,13H,6-7H2,1-3H3,(H,18,22)(H,19,20,21). The number of aromatic nitrogens is 2. The summed E-state index contributed by atoms with van der Waals surface area (Å²) in [5.74, 6) is 0.514. The van der Waals surface area contributed by atoms with Gasteiger partial charge < -0.3 is 15.0 Å². The van der Waals surface area contributed by atoms with E-state index in [1.54, 1.807) is 6.92 Å². The highest BCUT2D eigenvalue weighted by Gasteiger charge is 2.15. The lowest BCUT2D eigenvalue weighted by Gasteiger charge is -2.16. The molecule has 6 heteroatoms. The van der Waals surface area contributed by atoms with E-state index in [1.165, 1.54) is 12.4 Å². The number of H-pyrrole nitrogens is 1. The van der Waals surface area contributed by atoms with Crippen molar-refractivity contribution >= 4 is 5.91 Å². The zero-order valence-electron chi connectivity index (χ0n) is 13.6. The fourth-order valence-corrected chi connectivity index (χ4v) is 2.08. The molecule has 0 spiro atoms. The van der Waals surface area contributed by atoms with Crippen LogP contribution in [-0.4, -0.2) is 28.5 Å². The summed E-state index contributed by atoms with van der Waals surface area (Å²) < 4.78 is 5.73. The van der Waals surface area contributed by atoms with E-state index in [1.807, 2.05) is 32.0 Å². The fraction of sp³-hybridized carbons (Fsp3) is 0.353. The van der Waals surface area contributed by atoms with E-state index in [0.29, 0.717) is 24.4 Å². The number of hydrogen-bond donors (Lipinski definition) is 2. The highest BCUT2D eigenvalue weighted by molar-refractivity contribution is 5.80. The predicted molar refractivity (Wildman–Crippen MR) is 87.6 cm³/mol. The van der Waals surface area contributed by atoms with Gasteiger partial charge in [0.25, 0.3) is 11.5 Å². The quantitative estimate of drug-likeness (QED) is 0.846. The second-order valence-corrected chi connectivity index (χ2v) is 5.47. The van der Waals surface area contributed by atoms with Gasteiger partial charge in [0.2, 0.25) is 0 Å². The molecular weight excluding hydrogens is 294 g/mol. The molecule has 0 fully saturated rings. The molecule has 1 aromatic carbocycles. The number of aryl methyl sites for hydroxylation is 2. The van der Waals surface area contributed by atoms with Gasteiger partial charge in [0.05, 0.1) is 6.33 Å². The van der Waals surface area contributed by atoms with E-state index < -0.39 is 6.10 Å². The number of nitrogens with one attached hydrogen (secondary N) is 2. The first-order valence-corrected chi connectivity index (χ1v) is 7.51. The van der Waals surface area contributed by atoms with Crippen LogP contribution in [0.15, 0.2) is 35.4 Å². The molecule has 2 aromatic rings. The van der Waals surface area contributed by atoms with Crippen molar-refractivity contribution in [3.63, 3.8) is 0 Å². The Balaban J connectivity index is 1.85. The van der Waals surface area contributed by atoms with Crippen molar-refractivity contribution in [2.45, 2.75) is 33.3 Å². The molecule has 1 atom stereocenters. The van der Waals surface area contributed by atoms with Crippen molar-refractivity contribution in [2.24, 2.45) is 0 Å². The highest BCUT2D eigenvalue weighted by atomic mass is 16.5. The van der Waals surface area contributed by atoms with Crippen LogP contribution in [0.25, 0.3) is 0 Å². The predicted octanol–water partition coefficient (Wildman–Crippen LogP) is 1.51. The molecule has 0 aliphatic carbocycles. The van der Waals surface area contributed by atoms with Crippen LogP contribution in [-0.2, 0) is 11.2 Å². The van der Waals surface area contributed by atoms with Crippen molar-refractivity contribution in [3.05, 3.63) is 57.8 Å². The number of amides is 1. The number of nitrogens with zero attached hydrogens (tertiary/aromatic N) is 1. The maximum Gasteiger partial charge on any atom is 0.260 e. The Hall–Kier alpha value is -2.63. The third-order valence-electron chi connectivity index (χ3n) is 3.43. The Bertz CT molecular complexity index is 740. The van der Waals surface area contributed by atoms with Gasteiger partial charge in [-0.25, -0.2) is 4.98 Å². The normalized spacial score (nSPS) is 11.8. The lowest BCUT2D eigenvalue weighted by Crippen LogP contribution is -2.37. The molecule has 0 saturated heterocycles. The fourth-order valence-electron chi connectivity index (χ4n) is 2.08. The SMILES string of the molecule is Cc1ccc(C)c(OC(C)C(=O)NCCc2cc(=O)[nH]cn2)c1. The molecular formula is C17H21N3O3. The molecule has 1 aromatic heterocycles. The molecule has 0 aliphatic heterocycles. The molecule has 1 unspecified atom stereocenters. The Morgan fingerprint density at radius 3 is 2.87 bits per heavy atom. The van der Waals surface area contributed by atoms with E-state index >= 15 is 0 Å². The minimum atomic E-state index is -0.595. The monoisotopic (exact) mass is 315 g/mol. The lowest BCUT2D eigenvalue weighted by molar-refractivity contribution is -0.127. The second kappa shape index (κ2) is 7.58. The molecule has 0 saturated carbocycles. The summed E-state index contributed by atoms with van der Waals surface area (Å²) in [5.41, 5.74) is 2.51. The smallest absolute Gasteiger partial charge is 0.260 e. The topological polar surface area (TPSA) is 84.1 Å². The van der Waals surface area contributed by atoms with Gasteiger partial charge in [-0.1, -0.05) is 12.1 Å². The molecule has 6 nitrogen and oxygen atoms in total. The van der Waals surface area contributed by atoms with E-state index in [4.69, 9.17) is 4.74 Å². The third-order valence-corrected chi connectivity index (χ3v) is 3.43. The number of benzene rings is 1.